The molecule has 3 saturated heterocycles. The van der Waals surface area contributed by atoms with E-state index in [9.17, 15) is 4.79 Å². The molecule has 3 aliphatic rings. The molecule has 2 bridgehead atoms. The van der Waals surface area contributed by atoms with E-state index in [0.717, 1.165) is 34.3 Å². The number of ether oxygens (including phenoxy) is 1. The Morgan fingerprint density at radius 3 is 2.82 bits per heavy atom. The summed E-state index contributed by atoms with van der Waals surface area (Å²) in [5.41, 5.74) is 2.80. The van der Waals surface area contributed by atoms with Crippen molar-refractivity contribution in [3.05, 3.63) is 60.8 Å². The van der Waals surface area contributed by atoms with Gasteiger partial charge in [-0.1, -0.05) is 18.7 Å². The van der Waals surface area contributed by atoms with Crippen LogP contribution < -0.4 is 10.1 Å². The Balaban J connectivity index is 1.41. The summed E-state index contributed by atoms with van der Waals surface area (Å²) in [5, 5.41) is 4.36. The number of nitrogens with zero attached hydrogens (tertiary/aromatic N) is 2. The lowest BCUT2D eigenvalue weighted by atomic mass is 9.84. The molecule has 5 nitrogen and oxygen atoms in total. The van der Waals surface area contributed by atoms with Crippen LogP contribution in [0.2, 0.25) is 0 Å². The van der Waals surface area contributed by atoms with Gasteiger partial charge in [-0.05, 0) is 62.2 Å². The minimum Gasteiger partial charge on any atom is -0.490 e. The number of carbonyl (C=O) groups excluding carboxylic acids is 1. The molecular weight excluding hydrogens is 350 g/mol. The second kappa shape index (κ2) is 6.99. The minimum atomic E-state index is 0.0292. The molecule has 6 rings (SSSR count). The number of rotatable bonds is 5. The fraction of sp³-hybridized carbons (Fsp3) is 0.348. The lowest BCUT2D eigenvalue weighted by molar-refractivity contribution is 0.0620. The minimum absolute atomic E-state index is 0.0292. The van der Waals surface area contributed by atoms with E-state index in [1.54, 1.807) is 6.08 Å². The highest BCUT2D eigenvalue weighted by molar-refractivity contribution is 5.97. The molecule has 0 spiro atoms. The van der Waals surface area contributed by atoms with E-state index >= 15 is 0 Å². The number of piperidine rings is 3. The lowest BCUT2D eigenvalue weighted by Gasteiger charge is -2.44. The highest BCUT2D eigenvalue weighted by atomic mass is 16.5. The SMILES string of the molecule is C=CCOc1ccc2c(ccc3cc(C(=O)N[C@H]4CN5CCC4CC5)cn32)c1. The summed E-state index contributed by atoms with van der Waals surface area (Å²) in [6, 6.07) is 12.4. The van der Waals surface area contributed by atoms with Gasteiger partial charge in [0.05, 0.1) is 11.1 Å². The number of amides is 1. The third-order valence-electron chi connectivity index (χ3n) is 6.14. The maximum atomic E-state index is 12.9. The van der Waals surface area contributed by atoms with Crippen molar-refractivity contribution in [1.82, 2.24) is 14.6 Å². The first kappa shape index (κ1) is 17.3. The zero-order valence-electron chi connectivity index (χ0n) is 15.9. The van der Waals surface area contributed by atoms with Crippen molar-refractivity contribution < 1.29 is 9.53 Å². The van der Waals surface area contributed by atoms with E-state index < -0.39 is 0 Å². The van der Waals surface area contributed by atoms with Crippen LogP contribution in [0.3, 0.4) is 0 Å². The topological polar surface area (TPSA) is 46.0 Å². The Morgan fingerprint density at radius 1 is 1.21 bits per heavy atom. The summed E-state index contributed by atoms with van der Waals surface area (Å²) < 4.78 is 7.71. The zero-order valence-corrected chi connectivity index (χ0v) is 15.9. The van der Waals surface area contributed by atoms with Crippen molar-refractivity contribution >= 4 is 22.3 Å². The van der Waals surface area contributed by atoms with E-state index in [-0.39, 0.29) is 11.9 Å². The quantitative estimate of drug-likeness (QED) is 0.695. The van der Waals surface area contributed by atoms with Crippen molar-refractivity contribution in [3.63, 3.8) is 0 Å². The van der Waals surface area contributed by atoms with E-state index in [1.165, 1.54) is 25.9 Å². The normalized spacial score (nSPS) is 23.8. The number of fused-ring (bicyclic) bond motifs is 6. The molecule has 3 aromatic rings. The summed E-state index contributed by atoms with van der Waals surface area (Å²) in [4.78, 5) is 15.4. The van der Waals surface area contributed by atoms with Crippen molar-refractivity contribution in [3.8, 4) is 5.75 Å². The van der Waals surface area contributed by atoms with Gasteiger partial charge >= 0.3 is 0 Å². The van der Waals surface area contributed by atoms with Gasteiger partial charge in [-0.15, -0.1) is 0 Å². The molecular formula is C23H25N3O2. The highest BCUT2D eigenvalue weighted by Gasteiger charge is 2.35. The second-order valence-corrected chi connectivity index (χ2v) is 7.90. The maximum absolute atomic E-state index is 12.9. The van der Waals surface area contributed by atoms with Crippen LogP contribution in [0, 0.1) is 5.92 Å². The average molecular weight is 375 g/mol. The second-order valence-electron chi connectivity index (χ2n) is 7.90. The summed E-state index contributed by atoms with van der Waals surface area (Å²) in [5.74, 6) is 1.47. The molecule has 3 fully saturated rings. The Labute approximate surface area is 164 Å². The molecule has 0 aliphatic carbocycles. The average Bonchev–Trinajstić information content (AvgIpc) is 3.18. The van der Waals surface area contributed by atoms with Gasteiger partial charge in [0, 0.05) is 29.7 Å². The van der Waals surface area contributed by atoms with Gasteiger partial charge in [0.25, 0.3) is 5.91 Å². The van der Waals surface area contributed by atoms with E-state index in [4.69, 9.17) is 4.74 Å². The number of hydrogen-bond donors (Lipinski definition) is 1. The number of benzene rings is 1. The molecule has 144 valence electrons. The third kappa shape index (κ3) is 3.06. The fourth-order valence-electron chi connectivity index (χ4n) is 4.63. The molecule has 0 saturated carbocycles. The summed E-state index contributed by atoms with van der Waals surface area (Å²) in [7, 11) is 0. The first-order valence-corrected chi connectivity index (χ1v) is 10.0. The number of pyridine rings is 1. The predicted molar refractivity (Wildman–Crippen MR) is 111 cm³/mol. The Morgan fingerprint density at radius 2 is 2.07 bits per heavy atom. The lowest BCUT2D eigenvalue weighted by Crippen LogP contribution is -2.57. The molecule has 5 heterocycles. The molecule has 1 atom stereocenters. The summed E-state index contributed by atoms with van der Waals surface area (Å²) in [6.45, 7) is 7.51. The van der Waals surface area contributed by atoms with Gasteiger partial charge in [-0.3, -0.25) is 4.79 Å². The number of aromatic nitrogens is 1. The van der Waals surface area contributed by atoms with Crippen LogP contribution in [0.25, 0.3) is 16.4 Å². The first-order chi connectivity index (χ1) is 13.7. The van der Waals surface area contributed by atoms with Crippen LogP contribution in [-0.2, 0) is 0 Å². The van der Waals surface area contributed by atoms with Crippen LogP contribution in [0.1, 0.15) is 23.2 Å². The van der Waals surface area contributed by atoms with Crippen molar-refractivity contribution in [2.75, 3.05) is 26.2 Å². The van der Waals surface area contributed by atoms with Crippen LogP contribution >= 0.6 is 0 Å². The maximum Gasteiger partial charge on any atom is 0.253 e. The van der Waals surface area contributed by atoms with Gasteiger partial charge in [0.2, 0.25) is 0 Å². The monoisotopic (exact) mass is 375 g/mol. The Kier molecular flexibility index (Phi) is 4.32. The van der Waals surface area contributed by atoms with Crippen molar-refractivity contribution in [2.45, 2.75) is 18.9 Å². The number of carbonyl (C=O) groups is 1. The molecule has 2 aromatic heterocycles. The fourth-order valence-corrected chi connectivity index (χ4v) is 4.63. The molecule has 1 amide bonds. The van der Waals surface area contributed by atoms with Gasteiger partial charge < -0.3 is 19.4 Å². The largest absolute Gasteiger partial charge is 0.490 e. The predicted octanol–water partition coefficient (Wildman–Crippen LogP) is 3.48. The van der Waals surface area contributed by atoms with Crippen LogP contribution in [-0.4, -0.2) is 47.5 Å². The standard InChI is InChI=1S/C23H25N3O2/c1-2-11-28-20-5-6-22-17(13-20)3-4-19-12-18(14-26(19)22)23(27)24-21-15-25-9-7-16(21)8-10-25/h2-6,12-14,16,21H,1,7-11,15H2,(H,24,27)/t21-/m0/s1. The third-order valence-corrected chi connectivity index (χ3v) is 6.14. The molecule has 28 heavy (non-hydrogen) atoms. The van der Waals surface area contributed by atoms with E-state index in [2.05, 4.69) is 27.3 Å². The smallest absolute Gasteiger partial charge is 0.253 e. The van der Waals surface area contributed by atoms with Gasteiger partial charge in [0.1, 0.15) is 12.4 Å². The zero-order chi connectivity index (χ0) is 19.1. The van der Waals surface area contributed by atoms with Crippen LogP contribution in [0.5, 0.6) is 5.75 Å². The van der Waals surface area contributed by atoms with Crippen LogP contribution in [0.4, 0.5) is 0 Å². The van der Waals surface area contributed by atoms with Gasteiger partial charge in [-0.2, -0.15) is 0 Å². The van der Waals surface area contributed by atoms with E-state index in [0.29, 0.717) is 12.5 Å². The molecule has 1 aromatic carbocycles. The van der Waals surface area contributed by atoms with Crippen molar-refractivity contribution in [1.29, 1.82) is 0 Å². The first-order valence-electron chi connectivity index (χ1n) is 10.0. The van der Waals surface area contributed by atoms with Gasteiger partial charge in [-0.25, -0.2) is 0 Å². The Bertz CT molecular complexity index is 1050. The van der Waals surface area contributed by atoms with Crippen molar-refractivity contribution in [2.24, 2.45) is 5.92 Å². The number of nitrogens with one attached hydrogen (secondary N) is 1. The molecule has 3 aliphatic heterocycles. The van der Waals surface area contributed by atoms with Crippen LogP contribution in [0.15, 0.2) is 55.3 Å². The highest BCUT2D eigenvalue weighted by Crippen LogP contribution is 2.28. The van der Waals surface area contributed by atoms with E-state index in [1.807, 2.05) is 36.5 Å². The van der Waals surface area contributed by atoms with Gasteiger partial charge in [0.15, 0.2) is 0 Å². The summed E-state index contributed by atoms with van der Waals surface area (Å²) in [6.07, 6.45) is 6.07. The molecule has 1 N–H and O–H groups in total. The summed E-state index contributed by atoms with van der Waals surface area (Å²) >= 11 is 0. The Hall–Kier alpha value is -2.79. The molecule has 5 heteroatoms. The number of hydrogen-bond acceptors (Lipinski definition) is 3. The molecule has 0 unspecified atom stereocenters. The molecule has 0 radical (unpaired) electrons.